The van der Waals surface area contributed by atoms with E-state index in [1.165, 1.54) is 0 Å². The monoisotopic (exact) mass is 279 g/mol. The van der Waals surface area contributed by atoms with Crippen LogP contribution in [0.5, 0.6) is 0 Å². The van der Waals surface area contributed by atoms with Crippen LogP contribution in [0.4, 0.5) is 0 Å². The molecule has 0 aromatic heterocycles. The van der Waals surface area contributed by atoms with Crippen LogP contribution in [0, 0.1) is 0 Å². The van der Waals surface area contributed by atoms with E-state index in [1.807, 2.05) is 12.1 Å². The second-order valence-corrected chi connectivity index (χ2v) is 4.92. The van der Waals surface area contributed by atoms with E-state index >= 15 is 0 Å². The van der Waals surface area contributed by atoms with E-state index in [0.29, 0.717) is 16.9 Å². The Morgan fingerprint density at radius 3 is 2.69 bits per heavy atom. The van der Waals surface area contributed by atoms with Crippen LogP contribution in [0.2, 0.25) is 10.0 Å². The van der Waals surface area contributed by atoms with E-state index in [4.69, 9.17) is 34.8 Å². The van der Waals surface area contributed by atoms with Crippen molar-refractivity contribution in [2.75, 3.05) is 5.88 Å². The number of alkyl halides is 1. The van der Waals surface area contributed by atoms with Gasteiger partial charge in [0.25, 0.3) is 0 Å². The molecule has 4 heteroatoms. The van der Waals surface area contributed by atoms with Crippen molar-refractivity contribution in [3.8, 4) is 0 Å². The van der Waals surface area contributed by atoms with Crippen molar-refractivity contribution < 1.29 is 0 Å². The quantitative estimate of drug-likeness (QED) is 0.757. The summed E-state index contributed by atoms with van der Waals surface area (Å²) < 4.78 is 0. The zero-order valence-corrected chi connectivity index (χ0v) is 11.5. The molecular formula is C12H16Cl3N. The zero-order chi connectivity index (χ0) is 12.0. The van der Waals surface area contributed by atoms with E-state index in [0.717, 1.165) is 30.0 Å². The second-order valence-electron chi connectivity index (χ2n) is 3.70. The first-order chi connectivity index (χ1) is 7.67. The predicted molar refractivity (Wildman–Crippen MR) is 72.7 cm³/mol. The van der Waals surface area contributed by atoms with Gasteiger partial charge in [-0.05, 0) is 36.6 Å². The largest absolute Gasteiger partial charge is 0.310 e. The van der Waals surface area contributed by atoms with Gasteiger partial charge in [0.05, 0.1) is 0 Å². The minimum Gasteiger partial charge on any atom is -0.310 e. The van der Waals surface area contributed by atoms with Crippen LogP contribution < -0.4 is 5.32 Å². The van der Waals surface area contributed by atoms with Crippen LogP contribution in [0.3, 0.4) is 0 Å². The number of hydrogen-bond acceptors (Lipinski definition) is 1. The van der Waals surface area contributed by atoms with Crippen LogP contribution in [0.25, 0.3) is 0 Å². The highest BCUT2D eigenvalue weighted by Crippen LogP contribution is 2.20. The SMILES string of the molecule is CCC(CCCl)NCc1cc(Cl)ccc1Cl. The third-order valence-corrected chi connectivity index (χ3v) is 3.36. The number of hydrogen-bond donors (Lipinski definition) is 1. The van der Waals surface area contributed by atoms with Crippen molar-refractivity contribution in [1.82, 2.24) is 5.32 Å². The molecule has 0 saturated heterocycles. The molecule has 1 unspecified atom stereocenters. The maximum absolute atomic E-state index is 6.08. The fourth-order valence-corrected chi connectivity index (χ4v) is 2.16. The smallest absolute Gasteiger partial charge is 0.0451 e. The maximum atomic E-state index is 6.08. The average molecular weight is 281 g/mol. The molecule has 0 saturated carbocycles. The lowest BCUT2D eigenvalue weighted by atomic mass is 10.1. The third kappa shape index (κ3) is 4.50. The Balaban J connectivity index is 2.55. The molecule has 1 atom stereocenters. The van der Waals surface area contributed by atoms with Crippen LogP contribution in [0.15, 0.2) is 18.2 Å². The summed E-state index contributed by atoms with van der Waals surface area (Å²) in [5.74, 6) is 0.675. The van der Waals surface area contributed by atoms with E-state index in [2.05, 4.69) is 12.2 Å². The molecule has 0 aliphatic heterocycles. The Morgan fingerprint density at radius 1 is 1.31 bits per heavy atom. The van der Waals surface area contributed by atoms with E-state index < -0.39 is 0 Å². The van der Waals surface area contributed by atoms with Gasteiger partial charge in [0.1, 0.15) is 0 Å². The van der Waals surface area contributed by atoms with E-state index in [-0.39, 0.29) is 0 Å². The lowest BCUT2D eigenvalue weighted by Gasteiger charge is -2.16. The lowest BCUT2D eigenvalue weighted by Crippen LogP contribution is -2.28. The van der Waals surface area contributed by atoms with Gasteiger partial charge in [-0.1, -0.05) is 30.1 Å². The third-order valence-electron chi connectivity index (χ3n) is 2.54. The zero-order valence-electron chi connectivity index (χ0n) is 9.27. The Kier molecular flexibility index (Phi) is 6.52. The Labute approximate surface area is 112 Å². The first-order valence-corrected chi connectivity index (χ1v) is 6.69. The number of nitrogens with one attached hydrogen (secondary N) is 1. The van der Waals surface area contributed by atoms with E-state index in [9.17, 15) is 0 Å². The first-order valence-electron chi connectivity index (χ1n) is 5.40. The van der Waals surface area contributed by atoms with Crippen LogP contribution >= 0.6 is 34.8 Å². The standard InChI is InChI=1S/C12H16Cl3N/c1-2-11(5-6-13)16-8-9-7-10(14)3-4-12(9)15/h3-4,7,11,16H,2,5-6,8H2,1H3. The Hall–Kier alpha value is 0.0500. The molecule has 0 bridgehead atoms. The molecule has 90 valence electrons. The molecule has 0 fully saturated rings. The van der Waals surface area contributed by atoms with Crippen molar-refractivity contribution in [3.63, 3.8) is 0 Å². The van der Waals surface area contributed by atoms with E-state index in [1.54, 1.807) is 6.07 Å². The summed E-state index contributed by atoms with van der Waals surface area (Å²) >= 11 is 17.7. The van der Waals surface area contributed by atoms with Gasteiger partial charge in [-0.25, -0.2) is 0 Å². The van der Waals surface area contributed by atoms with Crippen molar-refractivity contribution in [2.24, 2.45) is 0 Å². The summed E-state index contributed by atoms with van der Waals surface area (Å²) in [6, 6.07) is 5.95. The highest BCUT2D eigenvalue weighted by atomic mass is 35.5. The minimum atomic E-state index is 0.438. The molecule has 1 aromatic rings. The molecule has 0 spiro atoms. The van der Waals surface area contributed by atoms with Crippen molar-refractivity contribution >= 4 is 34.8 Å². The molecular weight excluding hydrogens is 264 g/mol. The fraction of sp³-hybridized carbons (Fsp3) is 0.500. The van der Waals surface area contributed by atoms with Crippen molar-refractivity contribution in [2.45, 2.75) is 32.4 Å². The summed E-state index contributed by atoms with van der Waals surface area (Å²) in [6.07, 6.45) is 2.03. The van der Waals surface area contributed by atoms with Crippen LogP contribution in [0.1, 0.15) is 25.3 Å². The summed E-state index contributed by atoms with van der Waals surface area (Å²) in [5, 5.41) is 4.89. The summed E-state index contributed by atoms with van der Waals surface area (Å²) in [6.45, 7) is 2.87. The summed E-state index contributed by atoms with van der Waals surface area (Å²) in [5.41, 5.74) is 1.03. The molecule has 1 rings (SSSR count). The van der Waals surface area contributed by atoms with Gasteiger partial charge < -0.3 is 5.32 Å². The first kappa shape index (κ1) is 14.1. The number of rotatable bonds is 6. The summed E-state index contributed by atoms with van der Waals surface area (Å²) in [7, 11) is 0. The van der Waals surface area contributed by atoms with Crippen molar-refractivity contribution in [1.29, 1.82) is 0 Å². The highest BCUT2D eigenvalue weighted by Gasteiger charge is 2.06. The normalized spacial score (nSPS) is 12.8. The average Bonchev–Trinajstić information content (AvgIpc) is 2.28. The van der Waals surface area contributed by atoms with Gasteiger partial charge in [-0.3, -0.25) is 0 Å². The van der Waals surface area contributed by atoms with Crippen LogP contribution in [-0.4, -0.2) is 11.9 Å². The fourth-order valence-electron chi connectivity index (χ4n) is 1.52. The van der Waals surface area contributed by atoms with Gasteiger partial charge in [0.15, 0.2) is 0 Å². The molecule has 0 amide bonds. The van der Waals surface area contributed by atoms with Crippen LogP contribution in [-0.2, 0) is 6.54 Å². The van der Waals surface area contributed by atoms with Gasteiger partial charge in [-0.15, -0.1) is 11.6 Å². The number of halogens is 3. The second kappa shape index (κ2) is 7.39. The topological polar surface area (TPSA) is 12.0 Å². The molecule has 1 N–H and O–H groups in total. The summed E-state index contributed by atoms with van der Waals surface area (Å²) in [4.78, 5) is 0. The van der Waals surface area contributed by atoms with Gasteiger partial charge in [0, 0.05) is 28.5 Å². The highest BCUT2D eigenvalue weighted by molar-refractivity contribution is 6.33. The Bertz CT molecular complexity index is 328. The molecule has 16 heavy (non-hydrogen) atoms. The molecule has 1 aromatic carbocycles. The molecule has 0 radical (unpaired) electrons. The molecule has 0 aliphatic rings. The minimum absolute atomic E-state index is 0.438. The molecule has 1 nitrogen and oxygen atoms in total. The maximum Gasteiger partial charge on any atom is 0.0451 e. The Morgan fingerprint density at radius 2 is 2.06 bits per heavy atom. The van der Waals surface area contributed by atoms with Crippen molar-refractivity contribution in [3.05, 3.63) is 33.8 Å². The predicted octanol–water partition coefficient (Wildman–Crippen LogP) is 4.49. The van der Waals surface area contributed by atoms with Gasteiger partial charge in [-0.2, -0.15) is 0 Å². The van der Waals surface area contributed by atoms with Gasteiger partial charge >= 0.3 is 0 Å². The number of benzene rings is 1. The van der Waals surface area contributed by atoms with Gasteiger partial charge in [0.2, 0.25) is 0 Å². The molecule has 0 aliphatic carbocycles. The molecule has 0 heterocycles. The lowest BCUT2D eigenvalue weighted by molar-refractivity contribution is 0.486.